The lowest BCUT2D eigenvalue weighted by Gasteiger charge is -2.10. The molecule has 0 aliphatic rings. The zero-order valence-corrected chi connectivity index (χ0v) is 6.98. The molecule has 0 bridgehead atoms. The second-order valence-corrected chi connectivity index (χ2v) is 2.36. The smallest absolute Gasteiger partial charge is 0.147 e. The standard InChI is InChI=1S/C8H14N2O/c1-4-7(9)5-8(10-3)6(2)11/h8,10H,1,5,9H2,2-3H3. The number of carbonyl (C=O) groups excluding carboxylic acids is 1. The van der Waals surface area contributed by atoms with Gasteiger partial charge in [0.25, 0.3) is 0 Å². The fraction of sp³-hybridized carbons (Fsp3) is 0.500. The van der Waals surface area contributed by atoms with Crippen LogP contribution in [0.15, 0.2) is 18.0 Å². The first-order valence-corrected chi connectivity index (χ1v) is 3.44. The van der Waals surface area contributed by atoms with Crippen LogP contribution in [0.3, 0.4) is 0 Å². The van der Waals surface area contributed by atoms with Gasteiger partial charge in [0.2, 0.25) is 0 Å². The number of nitrogens with two attached hydrogens (primary N) is 1. The van der Waals surface area contributed by atoms with Gasteiger partial charge in [0, 0.05) is 6.42 Å². The van der Waals surface area contributed by atoms with E-state index in [-0.39, 0.29) is 11.8 Å². The molecule has 0 aromatic heterocycles. The molecular formula is C8H14N2O. The van der Waals surface area contributed by atoms with E-state index in [0.29, 0.717) is 12.1 Å². The topological polar surface area (TPSA) is 55.1 Å². The van der Waals surface area contributed by atoms with Crippen LogP contribution in [-0.2, 0) is 4.79 Å². The molecule has 3 N–H and O–H groups in total. The second-order valence-electron chi connectivity index (χ2n) is 2.36. The average Bonchev–Trinajstić information content (AvgIpc) is 1.99. The Hall–Kier alpha value is -1.05. The Labute approximate surface area is 67.0 Å². The molecule has 11 heavy (non-hydrogen) atoms. The molecule has 0 rings (SSSR count). The first-order valence-electron chi connectivity index (χ1n) is 3.44. The van der Waals surface area contributed by atoms with Crippen LogP contribution in [0.25, 0.3) is 0 Å². The molecule has 0 saturated heterocycles. The molecule has 62 valence electrons. The number of hydrogen-bond acceptors (Lipinski definition) is 3. The highest BCUT2D eigenvalue weighted by molar-refractivity contribution is 5.81. The van der Waals surface area contributed by atoms with Crippen molar-refractivity contribution in [2.24, 2.45) is 5.73 Å². The van der Waals surface area contributed by atoms with Gasteiger partial charge in [-0.3, -0.25) is 4.79 Å². The van der Waals surface area contributed by atoms with E-state index in [1.165, 1.54) is 6.92 Å². The van der Waals surface area contributed by atoms with Crippen LogP contribution in [0.1, 0.15) is 13.3 Å². The summed E-state index contributed by atoms with van der Waals surface area (Å²) < 4.78 is 0. The van der Waals surface area contributed by atoms with E-state index in [4.69, 9.17) is 5.73 Å². The lowest BCUT2D eigenvalue weighted by Crippen LogP contribution is -2.33. The predicted molar refractivity (Wildman–Crippen MR) is 45.0 cm³/mol. The molecule has 0 heterocycles. The highest BCUT2D eigenvalue weighted by atomic mass is 16.1. The summed E-state index contributed by atoms with van der Waals surface area (Å²) >= 11 is 0. The van der Waals surface area contributed by atoms with Gasteiger partial charge < -0.3 is 11.1 Å². The number of carbonyl (C=O) groups is 1. The Morgan fingerprint density at radius 3 is 2.64 bits per heavy atom. The molecular weight excluding hydrogens is 140 g/mol. The molecule has 0 aliphatic heterocycles. The summed E-state index contributed by atoms with van der Waals surface area (Å²) in [6.45, 7) is 4.91. The molecule has 0 aromatic carbocycles. The summed E-state index contributed by atoms with van der Waals surface area (Å²) in [5, 5.41) is 2.85. The number of ketones is 1. The molecule has 0 fully saturated rings. The van der Waals surface area contributed by atoms with Crippen molar-refractivity contribution in [2.45, 2.75) is 19.4 Å². The minimum atomic E-state index is -0.204. The molecule has 0 spiro atoms. The first kappa shape index (κ1) is 9.95. The summed E-state index contributed by atoms with van der Waals surface area (Å²) in [4.78, 5) is 10.8. The second kappa shape index (κ2) is 4.72. The quantitative estimate of drug-likeness (QED) is 0.568. The van der Waals surface area contributed by atoms with Gasteiger partial charge in [-0.15, -0.1) is 5.73 Å². The van der Waals surface area contributed by atoms with E-state index >= 15 is 0 Å². The summed E-state index contributed by atoms with van der Waals surface area (Å²) in [5.74, 6) is 0.0747. The van der Waals surface area contributed by atoms with E-state index in [1.54, 1.807) is 7.05 Å². The van der Waals surface area contributed by atoms with Gasteiger partial charge in [0.1, 0.15) is 5.78 Å². The average molecular weight is 154 g/mol. The summed E-state index contributed by atoms with van der Waals surface area (Å²) in [6, 6.07) is -0.204. The van der Waals surface area contributed by atoms with Crippen LogP contribution in [-0.4, -0.2) is 18.9 Å². The normalized spacial score (nSPS) is 11.8. The molecule has 0 aliphatic carbocycles. The minimum Gasteiger partial charge on any atom is -0.396 e. The maximum absolute atomic E-state index is 10.8. The molecule has 0 amide bonds. The number of rotatable bonds is 4. The van der Waals surface area contributed by atoms with Crippen LogP contribution < -0.4 is 11.1 Å². The van der Waals surface area contributed by atoms with E-state index < -0.39 is 0 Å². The molecule has 0 radical (unpaired) electrons. The van der Waals surface area contributed by atoms with Crippen molar-refractivity contribution >= 4 is 5.78 Å². The summed E-state index contributed by atoms with van der Waals surface area (Å²) in [7, 11) is 1.72. The van der Waals surface area contributed by atoms with Crippen LogP contribution >= 0.6 is 0 Å². The zero-order valence-electron chi connectivity index (χ0n) is 6.98. The van der Waals surface area contributed by atoms with Gasteiger partial charge >= 0.3 is 0 Å². The molecule has 3 heteroatoms. The fourth-order valence-electron chi connectivity index (χ4n) is 0.741. The van der Waals surface area contributed by atoms with Crippen LogP contribution in [0.5, 0.6) is 0 Å². The van der Waals surface area contributed by atoms with E-state index in [2.05, 4.69) is 17.6 Å². The first-order chi connectivity index (χ1) is 5.11. The van der Waals surface area contributed by atoms with Crippen LogP contribution in [0, 0.1) is 0 Å². The monoisotopic (exact) mass is 154 g/mol. The molecule has 0 saturated carbocycles. The van der Waals surface area contributed by atoms with Gasteiger partial charge in [-0.25, -0.2) is 0 Å². The highest BCUT2D eigenvalue weighted by Crippen LogP contribution is 1.97. The number of Topliss-reactive ketones (excluding diaryl/α,β-unsaturated/α-hetero) is 1. The lowest BCUT2D eigenvalue weighted by atomic mass is 10.1. The maximum Gasteiger partial charge on any atom is 0.147 e. The van der Waals surface area contributed by atoms with Gasteiger partial charge in [-0.2, -0.15) is 0 Å². The Balaban J connectivity index is 4.09. The van der Waals surface area contributed by atoms with Crippen molar-refractivity contribution in [3.8, 4) is 0 Å². The van der Waals surface area contributed by atoms with Crippen LogP contribution in [0.4, 0.5) is 0 Å². The van der Waals surface area contributed by atoms with Gasteiger partial charge in [-0.1, -0.05) is 6.58 Å². The lowest BCUT2D eigenvalue weighted by molar-refractivity contribution is -0.118. The maximum atomic E-state index is 10.8. The third-order valence-electron chi connectivity index (χ3n) is 1.49. The van der Waals surface area contributed by atoms with Crippen molar-refractivity contribution in [1.82, 2.24) is 5.32 Å². The largest absolute Gasteiger partial charge is 0.396 e. The Bertz CT molecular complexity index is 192. The van der Waals surface area contributed by atoms with E-state index in [9.17, 15) is 4.79 Å². The van der Waals surface area contributed by atoms with Crippen LogP contribution in [0.2, 0.25) is 0 Å². The molecule has 0 aromatic rings. The van der Waals surface area contributed by atoms with Gasteiger partial charge in [0.05, 0.1) is 11.7 Å². The fourth-order valence-corrected chi connectivity index (χ4v) is 0.741. The number of nitrogens with one attached hydrogen (secondary N) is 1. The van der Waals surface area contributed by atoms with Crippen molar-refractivity contribution in [3.63, 3.8) is 0 Å². The third kappa shape index (κ3) is 3.61. The van der Waals surface area contributed by atoms with Gasteiger partial charge in [0.15, 0.2) is 0 Å². The van der Waals surface area contributed by atoms with Crippen molar-refractivity contribution in [1.29, 1.82) is 0 Å². The minimum absolute atomic E-state index is 0.0747. The van der Waals surface area contributed by atoms with Gasteiger partial charge in [-0.05, 0) is 14.0 Å². The number of likely N-dealkylation sites (N-methyl/N-ethyl adjacent to an activating group) is 1. The zero-order chi connectivity index (χ0) is 8.85. The Morgan fingerprint density at radius 2 is 2.36 bits per heavy atom. The van der Waals surface area contributed by atoms with Crippen molar-refractivity contribution in [2.75, 3.05) is 7.05 Å². The summed E-state index contributed by atoms with van der Waals surface area (Å²) in [5.41, 5.74) is 8.49. The molecule has 3 nitrogen and oxygen atoms in total. The Kier molecular flexibility index (Phi) is 4.27. The van der Waals surface area contributed by atoms with Crippen molar-refractivity contribution < 1.29 is 4.79 Å². The third-order valence-corrected chi connectivity index (χ3v) is 1.49. The highest BCUT2D eigenvalue weighted by Gasteiger charge is 2.11. The predicted octanol–water partition coefficient (Wildman–Crippen LogP) is 0.181. The summed E-state index contributed by atoms with van der Waals surface area (Å²) in [6.07, 6.45) is 0.481. The Morgan fingerprint density at radius 1 is 1.82 bits per heavy atom. The SMILES string of the molecule is C=C=C(N)CC(NC)C(C)=O. The number of hydrogen-bond donors (Lipinski definition) is 2. The van der Waals surface area contributed by atoms with E-state index in [1.807, 2.05) is 0 Å². The molecule has 1 atom stereocenters. The van der Waals surface area contributed by atoms with Crippen molar-refractivity contribution in [3.05, 3.63) is 18.0 Å². The molecule has 1 unspecified atom stereocenters. The van der Waals surface area contributed by atoms with E-state index in [0.717, 1.165) is 0 Å².